The van der Waals surface area contributed by atoms with E-state index in [4.69, 9.17) is 9.47 Å². The number of anilines is 1. The van der Waals surface area contributed by atoms with E-state index >= 15 is 0 Å². The van der Waals surface area contributed by atoms with Gasteiger partial charge in [0.15, 0.2) is 0 Å². The highest BCUT2D eigenvalue weighted by Gasteiger charge is 2.24. The Kier molecular flexibility index (Phi) is 7.37. The van der Waals surface area contributed by atoms with Crippen molar-refractivity contribution < 1.29 is 19.1 Å². The Morgan fingerprint density at radius 1 is 0.917 bits per heavy atom. The molecule has 0 spiro atoms. The number of hydrogen-bond acceptors (Lipinski definition) is 7. The molecule has 0 radical (unpaired) electrons. The average Bonchev–Trinajstić information content (AvgIpc) is 2.93. The van der Waals surface area contributed by atoms with Gasteiger partial charge in [-0.3, -0.25) is 9.59 Å². The number of hydrogen-bond donors (Lipinski definition) is 1. The van der Waals surface area contributed by atoms with Gasteiger partial charge in [0.25, 0.3) is 11.8 Å². The lowest BCUT2D eigenvalue weighted by Crippen LogP contribution is -2.49. The van der Waals surface area contributed by atoms with E-state index in [1.807, 2.05) is 41.3 Å². The number of aromatic nitrogens is 2. The van der Waals surface area contributed by atoms with E-state index in [0.717, 1.165) is 11.1 Å². The summed E-state index contributed by atoms with van der Waals surface area (Å²) < 4.78 is 11.6. The van der Waals surface area contributed by atoms with Gasteiger partial charge in [-0.1, -0.05) is 12.1 Å². The van der Waals surface area contributed by atoms with Crippen molar-refractivity contribution in [2.75, 3.05) is 57.4 Å². The van der Waals surface area contributed by atoms with Crippen molar-refractivity contribution in [3.05, 3.63) is 83.2 Å². The number of fused-ring (bicyclic) bond motifs is 3. The van der Waals surface area contributed by atoms with Crippen molar-refractivity contribution in [3.63, 3.8) is 0 Å². The van der Waals surface area contributed by atoms with Crippen molar-refractivity contribution >= 4 is 17.8 Å². The van der Waals surface area contributed by atoms with Gasteiger partial charge in [-0.05, 0) is 47.5 Å². The third kappa shape index (κ3) is 5.63. The number of amides is 2. The number of rotatable bonds is 2. The molecular weight excluding hydrogens is 458 g/mol. The number of nitrogens with one attached hydrogen (secondary N) is 1. The molecule has 9 heteroatoms. The molecule has 2 aliphatic heterocycles. The molecule has 2 aliphatic rings. The first-order chi connectivity index (χ1) is 17.7. The molecule has 2 bridgehead atoms. The van der Waals surface area contributed by atoms with E-state index in [1.165, 1.54) is 0 Å². The molecule has 186 valence electrons. The lowest BCUT2D eigenvalue weighted by molar-refractivity contribution is 0.0745. The number of ether oxygens (including phenoxy) is 2. The molecule has 0 unspecified atom stereocenters. The van der Waals surface area contributed by atoms with Crippen molar-refractivity contribution in [1.82, 2.24) is 20.2 Å². The summed E-state index contributed by atoms with van der Waals surface area (Å²) in [5.41, 5.74) is 3.08. The van der Waals surface area contributed by atoms with E-state index in [2.05, 4.69) is 20.2 Å². The minimum atomic E-state index is -0.127. The molecule has 36 heavy (non-hydrogen) atoms. The normalized spacial score (nSPS) is 16.8. The minimum Gasteiger partial charge on any atom is -0.491 e. The highest BCUT2D eigenvalue weighted by atomic mass is 16.5. The predicted molar refractivity (Wildman–Crippen MR) is 134 cm³/mol. The number of nitrogens with zero attached hydrogens (tertiary/aromatic N) is 4. The monoisotopic (exact) mass is 487 g/mol. The van der Waals surface area contributed by atoms with Gasteiger partial charge in [-0.25, -0.2) is 9.97 Å². The number of carbonyl (C=O) groups excluding carboxylic acids is 2. The maximum absolute atomic E-state index is 13.4. The first-order valence-corrected chi connectivity index (χ1v) is 12.2. The van der Waals surface area contributed by atoms with Gasteiger partial charge < -0.3 is 24.6 Å². The first kappa shape index (κ1) is 23.7. The van der Waals surface area contributed by atoms with E-state index in [9.17, 15) is 9.59 Å². The third-order valence-electron chi connectivity index (χ3n) is 6.31. The fourth-order valence-electron chi connectivity index (χ4n) is 4.43. The molecular formula is C27H29N5O4. The molecule has 1 fully saturated rings. The molecule has 3 heterocycles. The maximum atomic E-state index is 13.4. The van der Waals surface area contributed by atoms with Crippen molar-refractivity contribution in [1.29, 1.82) is 0 Å². The largest absolute Gasteiger partial charge is 0.491 e. The van der Waals surface area contributed by atoms with Crippen LogP contribution in [0.4, 0.5) is 5.95 Å². The van der Waals surface area contributed by atoms with Crippen LogP contribution in [0.3, 0.4) is 0 Å². The van der Waals surface area contributed by atoms with Gasteiger partial charge in [0, 0.05) is 62.7 Å². The zero-order chi connectivity index (χ0) is 24.7. The molecule has 0 aliphatic carbocycles. The summed E-state index contributed by atoms with van der Waals surface area (Å²) >= 11 is 0. The number of benzene rings is 2. The van der Waals surface area contributed by atoms with Gasteiger partial charge in [-0.2, -0.15) is 0 Å². The highest BCUT2D eigenvalue weighted by molar-refractivity contribution is 5.95. The number of carbonyl (C=O) groups is 2. The Labute approximate surface area is 210 Å². The van der Waals surface area contributed by atoms with Crippen LogP contribution >= 0.6 is 0 Å². The quantitative estimate of drug-likeness (QED) is 0.592. The summed E-state index contributed by atoms with van der Waals surface area (Å²) in [6, 6.07) is 14.9. The van der Waals surface area contributed by atoms with Gasteiger partial charge in [0.05, 0.1) is 13.2 Å². The maximum Gasteiger partial charge on any atom is 0.253 e. The van der Waals surface area contributed by atoms with Crippen LogP contribution in [-0.4, -0.2) is 79.2 Å². The fraction of sp³-hybridized carbons (Fsp3) is 0.333. The molecule has 2 amide bonds. The van der Waals surface area contributed by atoms with Crippen LogP contribution in [0.1, 0.15) is 31.8 Å². The smallest absolute Gasteiger partial charge is 0.253 e. The molecule has 1 saturated heterocycles. The average molecular weight is 488 g/mol. The summed E-state index contributed by atoms with van der Waals surface area (Å²) in [4.78, 5) is 38.4. The molecule has 0 atom stereocenters. The summed E-state index contributed by atoms with van der Waals surface area (Å²) in [5, 5.41) is 2.87. The molecule has 1 N–H and O–H groups in total. The van der Waals surface area contributed by atoms with Crippen LogP contribution in [0.25, 0.3) is 0 Å². The highest BCUT2D eigenvalue weighted by Crippen LogP contribution is 2.25. The van der Waals surface area contributed by atoms with Crippen LogP contribution in [0, 0.1) is 0 Å². The van der Waals surface area contributed by atoms with Crippen molar-refractivity contribution in [2.45, 2.75) is 6.42 Å². The lowest BCUT2D eigenvalue weighted by atomic mass is 9.99. The van der Waals surface area contributed by atoms with Crippen LogP contribution in [0.2, 0.25) is 0 Å². The van der Waals surface area contributed by atoms with Gasteiger partial charge in [0.1, 0.15) is 12.4 Å². The topological polar surface area (TPSA) is 96.9 Å². The van der Waals surface area contributed by atoms with Gasteiger partial charge in [-0.15, -0.1) is 0 Å². The van der Waals surface area contributed by atoms with Gasteiger partial charge in [0.2, 0.25) is 5.95 Å². The second-order valence-corrected chi connectivity index (χ2v) is 8.74. The van der Waals surface area contributed by atoms with Crippen molar-refractivity contribution in [3.8, 4) is 5.75 Å². The summed E-state index contributed by atoms with van der Waals surface area (Å²) in [7, 11) is 0. The second kappa shape index (κ2) is 11.2. The standard InChI is InChI=1S/C27H29N5O4/c33-25-21-4-1-3-20(17-21)18-23-19-22(5-6-24(23)36-16-15-35-14-9-28-25)26(34)31-10-12-32(13-11-31)27-29-7-2-8-30-27/h1-8,17,19H,9-16,18H2,(H,28,33). The molecule has 2 aromatic carbocycles. The Hall–Kier alpha value is -3.98. The molecule has 3 aromatic rings. The summed E-state index contributed by atoms with van der Waals surface area (Å²) in [6.07, 6.45) is 3.99. The minimum absolute atomic E-state index is 0.0118. The van der Waals surface area contributed by atoms with Crippen LogP contribution in [0.15, 0.2) is 60.9 Å². The molecule has 0 saturated carbocycles. The van der Waals surface area contributed by atoms with E-state index in [-0.39, 0.29) is 11.8 Å². The van der Waals surface area contributed by atoms with Crippen molar-refractivity contribution in [2.24, 2.45) is 0 Å². The summed E-state index contributed by atoms with van der Waals surface area (Å²) in [5.74, 6) is 1.27. The zero-order valence-electron chi connectivity index (χ0n) is 20.1. The van der Waals surface area contributed by atoms with E-state index in [1.54, 1.807) is 24.5 Å². The zero-order valence-corrected chi connectivity index (χ0v) is 20.1. The lowest BCUT2D eigenvalue weighted by Gasteiger charge is -2.34. The Bertz CT molecular complexity index is 1210. The van der Waals surface area contributed by atoms with Crippen LogP contribution in [-0.2, 0) is 11.2 Å². The Morgan fingerprint density at radius 3 is 2.58 bits per heavy atom. The Balaban J connectivity index is 1.34. The van der Waals surface area contributed by atoms with E-state index < -0.39 is 0 Å². The second-order valence-electron chi connectivity index (χ2n) is 8.74. The van der Waals surface area contributed by atoms with Crippen LogP contribution in [0.5, 0.6) is 5.75 Å². The van der Waals surface area contributed by atoms with Gasteiger partial charge >= 0.3 is 0 Å². The third-order valence-corrected chi connectivity index (χ3v) is 6.31. The SMILES string of the molecule is O=C1NCCOCCOc2ccc(C(=O)N3CCN(c4ncccn4)CC3)cc2Cc2cccc1c2. The number of piperazine rings is 1. The fourth-order valence-corrected chi connectivity index (χ4v) is 4.43. The van der Waals surface area contributed by atoms with Crippen LogP contribution < -0.4 is 15.0 Å². The molecule has 9 nitrogen and oxygen atoms in total. The molecule has 5 rings (SSSR count). The first-order valence-electron chi connectivity index (χ1n) is 12.2. The Morgan fingerprint density at radius 2 is 1.75 bits per heavy atom. The predicted octanol–water partition coefficient (Wildman–Crippen LogP) is 2.17. The van der Waals surface area contributed by atoms with E-state index in [0.29, 0.717) is 81.8 Å². The molecule has 1 aromatic heterocycles. The summed E-state index contributed by atoms with van der Waals surface area (Å²) in [6.45, 7) is 4.21.